The Morgan fingerprint density at radius 3 is 2.75 bits per heavy atom. The second-order valence-electron chi connectivity index (χ2n) is 5.08. The first kappa shape index (κ1) is 15.9. The number of hydrogen-bond donors (Lipinski definition) is 0. The third-order valence-corrected chi connectivity index (χ3v) is 3.44. The molecule has 0 saturated carbocycles. The van der Waals surface area contributed by atoms with Crippen LogP contribution in [0.5, 0.6) is 5.88 Å². The van der Waals surface area contributed by atoms with Crippen LogP contribution in [0.25, 0.3) is 17.0 Å². The summed E-state index contributed by atoms with van der Waals surface area (Å²) in [4.78, 5) is 25.2. The number of aryl methyl sites for hydroxylation is 1. The van der Waals surface area contributed by atoms with Crippen molar-refractivity contribution in [2.24, 2.45) is 0 Å². The molecule has 0 fully saturated rings. The van der Waals surface area contributed by atoms with E-state index in [9.17, 15) is 4.79 Å². The van der Waals surface area contributed by atoms with Gasteiger partial charge in [-0.1, -0.05) is 6.07 Å². The lowest BCUT2D eigenvalue weighted by Gasteiger charge is -2.07. The fourth-order valence-corrected chi connectivity index (χ4v) is 2.38. The molecule has 0 spiro atoms. The first-order chi connectivity index (χ1) is 11.6. The molecule has 0 bridgehead atoms. The van der Waals surface area contributed by atoms with Gasteiger partial charge < -0.3 is 9.47 Å². The maximum absolute atomic E-state index is 12.0. The number of ether oxygens (including phenoxy) is 2. The lowest BCUT2D eigenvalue weighted by molar-refractivity contribution is 0.0522. The standard InChI is InChI=1S/C17H18N4O3/c1-4-23-14-8-6-7-12(19-14)13-9-11(3)21-10-18-15(16(21)20-13)17(22)24-5-2/h6-10H,4-5H2,1-3H3. The van der Waals surface area contributed by atoms with Crippen LogP contribution in [0, 0.1) is 6.92 Å². The van der Waals surface area contributed by atoms with Crippen LogP contribution in [0.2, 0.25) is 0 Å². The Labute approximate surface area is 139 Å². The minimum atomic E-state index is -0.486. The third-order valence-electron chi connectivity index (χ3n) is 3.44. The smallest absolute Gasteiger partial charge is 0.360 e. The Balaban J connectivity index is 2.11. The fourth-order valence-electron chi connectivity index (χ4n) is 2.38. The minimum absolute atomic E-state index is 0.197. The van der Waals surface area contributed by atoms with Crippen LogP contribution in [0.1, 0.15) is 30.0 Å². The topological polar surface area (TPSA) is 78.6 Å². The van der Waals surface area contributed by atoms with Crippen molar-refractivity contribution in [3.05, 3.63) is 42.0 Å². The maximum atomic E-state index is 12.0. The number of pyridine rings is 1. The highest BCUT2D eigenvalue weighted by molar-refractivity contribution is 5.94. The molecular formula is C17H18N4O3. The molecule has 0 unspecified atom stereocenters. The highest BCUT2D eigenvalue weighted by atomic mass is 16.5. The second kappa shape index (κ2) is 6.66. The summed E-state index contributed by atoms with van der Waals surface area (Å²) in [7, 11) is 0. The maximum Gasteiger partial charge on any atom is 0.360 e. The quantitative estimate of drug-likeness (QED) is 0.671. The third kappa shape index (κ3) is 2.92. The van der Waals surface area contributed by atoms with Gasteiger partial charge in [0.15, 0.2) is 11.3 Å². The average Bonchev–Trinajstić information content (AvgIpc) is 3.00. The molecule has 3 aromatic rings. The van der Waals surface area contributed by atoms with Crippen molar-refractivity contribution in [3.8, 4) is 17.3 Å². The van der Waals surface area contributed by atoms with Gasteiger partial charge in [0.05, 0.1) is 24.6 Å². The molecule has 0 aliphatic rings. The summed E-state index contributed by atoms with van der Waals surface area (Å²) in [5.74, 6) is 0.0496. The van der Waals surface area contributed by atoms with Crippen LogP contribution < -0.4 is 4.74 Å². The van der Waals surface area contributed by atoms with Gasteiger partial charge in [-0.05, 0) is 32.9 Å². The molecule has 3 heterocycles. The molecule has 7 nitrogen and oxygen atoms in total. The number of imidazole rings is 1. The van der Waals surface area contributed by atoms with Crippen molar-refractivity contribution in [2.75, 3.05) is 13.2 Å². The van der Waals surface area contributed by atoms with Gasteiger partial charge in [-0.25, -0.2) is 19.7 Å². The van der Waals surface area contributed by atoms with Crippen LogP contribution in [0.4, 0.5) is 0 Å². The summed E-state index contributed by atoms with van der Waals surface area (Å²) in [6.45, 7) is 6.40. The highest BCUT2D eigenvalue weighted by Gasteiger charge is 2.18. The van der Waals surface area contributed by atoms with Gasteiger partial charge in [0, 0.05) is 11.8 Å². The average molecular weight is 326 g/mol. The van der Waals surface area contributed by atoms with Crippen LogP contribution in [0.15, 0.2) is 30.6 Å². The lowest BCUT2D eigenvalue weighted by atomic mass is 10.2. The summed E-state index contributed by atoms with van der Waals surface area (Å²) in [5.41, 5.74) is 2.85. The summed E-state index contributed by atoms with van der Waals surface area (Å²) in [5, 5.41) is 0. The van der Waals surface area contributed by atoms with E-state index in [1.54, 1.807) is 23.7 Å². The lowest BCUT2D eigenvalue weighted by Crippen LogP contribution is -2.07. The Kier molecular flexibility index (Phi) is 4.41. The molecular weight excluding hydrogens is 308 g/mol. The van der Waals surface area contributed by atoms with Gasteiger partial charge in [0.25, 0.3) is 0 Å². The van der Waals surface area contributed by atoms with Crippen LogP contribution >= 0.6 is 0 Å². The highest BCUT2D eigenvalue weighted by Crippen LogP contribution is 2.21. The molecule has 3 aromatic heterocycles. The Bertz CT molecular complexity index is 889. The molecule has 0 saturated heterocycles. The number of hydrogen-bond acceptors (Lipinski definition) is 6. The first-order valence-corrected chi connectivity index (χ1v) is 7.76. The minimum Gasteiger partial charge on any atom is -0.478 e. The number of nitrogens with zero attached hydrogens (tertiary/aromatic N) is 4. The first-order valence-electron chi connectivity index (χ1n) is 7.76. The number of fused-ring (bicyclic) bond motifs is 1. The number of rotatable bonds is 5. The molecule has 0 atom stereocenters. The molecule has 0 aromatic carbocycles. The fraction of sp³-hybridized carbons (Fsp3) is 0.294. The Morgan fingerprint density at radius 1 is 1.17 bits per heavy atom. The monoisotopic (exact) mass is 326 g/mol. The zero-order chi connectivity index (χ0) is 17.1. The van der Waals surface area contributed by atoms with Gasteiger partial charge >= 0.3 is 5.97 Å². The normalized spacial score (nSPS) is 10.8. The molecule has 0 N–H and O–H groups in total. The van der Waals surface area contributed by atoms with E-state index in [4.69, 9.17) is 9.47 Å². The summed E-state index contributed by atoms with van der Waals surface area (Å²) < 4.78 is 12.2. The van der Waals surface area contributed by atoms with E-state index in [0.717, 1.165) is 5.69 Å². The van der Waals surface area contributed by atoms with Crippen LogP contribution in [-0.4, -0.2) is 38.5 Å². The van der Waals surface area contributed by atoms with Gasteiger partial charge in [-0.2, -0.15) is 0 Å². The summed E-state index contributed by atoms with van der Waals surface area (Å²) in [6.07, 6.45) is 1.57. The van der Waals surface area contributed by atoms with Crippen molar-refractivity contribution in [1.29, 1.82) is 0 Å². The second-order valence-corrected chi connectivity index (χ2v) is 5.08. The van der Waals surface area contributed by atoms with Crippen LogP contribution in [-0.2, 0) is 4.74 Å². The molecule has 0 aliphatic heterocycles. The van der Waals surface area contributed by atoms with Crippen molar-refractivity contribution in [1.82, 2.24) is 19.4 Å². The van der Waals surface area contributed by atoms with Crippen LogP contribution in [0.3, 0.4) is 0 Å². The van der Waals surface area contributed by atoms with Crippen molar-refractivity contribution >= 4 is 11.6 Å². The van der Waals surface area contributed by atoms with Crippen molar-refractivity contribution in [3.63, 3.8) is 0 Å². The van der Waals surface area contributed by atoms with E-state index in [1.165, 1.54) is 0 Å². The largest absolute Gasteiger partial charge is 0.478 e. The molecule has 0 radical (unpaired) electrons. The predicted molar refractivity (Wildman–Crippen MR) is 88.1 cm³/mol. The zero-order valence-corrected chi connectivity index (χ0v) is 13.8. The van der Waals surface area contributed by atoms with Gasteiger partial charge in [0.2, 0.25) is 5.88 Å². The van der Waals surface area contributed by atoms with E-state index >= 15 is 0 Å². The Hall–Kier alpha value is -2.96. The molecule has 7 heteroatoms. The number of carbonyl (C=O) groups is 1. The number of aromatic nitrogens is 4. The number of esters is 1. The SMILES string of the molecule is CCOC(=O)c1ncn2c(C)cc(-c3cccc(OCC)n3)nc12. The molecule has 0 aliphatic carbocycles. The molecule has 124 valence electrons. The van der Waals surface area contributed by atoms with E-state index in [0.29, 0.717) is 29.5 Å². The van der Waals surface area contributed by atoms with E-state index in [2.05, 4.69) is 15.0 Å². The van der Waals surface area contributed by atoms with E-state index < -0.39 is 5.97 Å². The Morgan fingerprint density at radius 2 is 2.00 bits per heavy atom. The van der Waals surface area contributed by atoms with Crippen molar-refractivity contribution < 1.29 is 14.3 Å². The van der Waals surface area contributed by atoms with Gasteiger partial charge in [0.1, 0.15) is 6.33 Å². The van der Waals surface area contributed by atoms with Gasteiger partial charge in [-0.3, -0.25) is 4.40 Å². The summed E-state index contributed by atoms with van der Waals surface area (Å²) in [6, 6.07) is 7.39. The summed E-state index contributed by atoms with van der Waals surface area (Å²) >= 11 is 0. The molecule has 3 rings (SSSR count). The van der Waals surface area contributed by atoms with E-state index in [-0.39, 0.29) is 12.3 Å². The van der Waals surface area contributed by atoms with Crippen molar-refractivity contribution in [2.45, 2.75) is 20.8 Å². The molecule has 24 heavy (non-hydrogen) atoms. The predicted octanol–water partition coefficient (Wildman–Crippen LogP) is 2.68. The number of carbonyl (C=O) groups excluding carboxylic acids is 1. The van der Waals surface area contributed by atoms with E-state index in [1.807, 2.05) is 32.0 Å². The molecule has 0 amide bonds. The zero-order valence-electron chi connectivity index (χ0n) is 13.8. The van der Waals surface area contributed by atoms with Gasteiger partial charge in [-0.15, -0.1) is 0 Å².